The van der Waals surface area contributed by atoms with Gasteiger partial charge in [0.15, 0.2) is 0 Å². The molecule has 84 valence electrons. The van der Waals surface area contributed by atoms with E-state index in [9.17, 15) is 9.59 Å². The van der Waals surface area contributed by atoms with Gasteiger partial charge in [0.1, 0.15) is 5.82 Å². The lowest BCUT2D eigenvalue weighted by molar-refractivity contribution is 1.05. The molecule has 2 aromatic rings. The SMILES string of the molecule is Cc1ccccc1.Nc1cc(=O)[nH]c(=O)[nH]1. The van der Waals surface area contributed by atoms with Crippen molar-refractivity contribution >= 4 is 5.82 Å². The van der Waals surface area contributed by atoms with Gasteiger partial charge in [0.2, 0.25) is 0 Å². The summed E-state index contributed by atoms with van der Waals surface area (Å²) in [5.74, 6) is 0.0729. The molecular weight excluding hydrogens is 206 g/mol. The summed E-state index contributed by atoms with van der Waals surface area (Å²) < 4.78 is 0. The third-order valence-electron chi connectivity index (χ3n) is 1.72. The minimum Gasteiger partial charge on any atom is -0.385 e. The summed E-state index contributed by atoms with van der Waals surface area (Å²) in [6.45, 7) is 2.08. The standard InChI is InChI=1S/C7H8.C4H5N3O2/c1-7-5-3-2-4-6-7;5-2-1-3(8)7-4(9)6-2/h2-6H,1H3;1H,(H4,5,6,7,8,9). The number of benzene rings is 1. The first-order valence-corrected chi connectivity index (χ1v) is 4.68. The van der Waals surface area contributed by atoms with Gasteiger partial charge in [0.05, 0.1) is 0 Å². The average Bonchev–Trinajstić information content (AvgIpc) is 2.17. The Morgan fingerprint density at radius 2 is 1.69 bits per heavy atom. The summed E-state index contributed by atoms with van der Waals surface area (Å²) in [6.07, 6.45) is 0. The molecule has 0 atom stereocenters. The van der Waals surface area contributed by atoms with Gasteiger partial charge in [-0.25, -0.2) is 4.79 Å². The maximum atomic E-state index is 10.4. The predicted molar refractivity (Wildman–Crippen MR) is 63.3 cm³/mol. The number of nitrogens with one attached hydrogen (secondary N) is 2. The van der Waals surface area contributed by atoms with Crippen LogP contribution in [0.25, 0.3) is 0 Å². The van der Waals surface area contributed by atoms with Gasteiger partial charge in [-0.2, -0.15) is 0 Å². The Hall–Kier alpha value is -2.30. The van der Waals surface area contributed by atoms with Crippen LogP contribution in [0.3, 0.4) is 0 Å². The van der Waals surface area contributed by atoms with Gasteiger partial charge in [-0.1, -0.05) is 35.9 Å². The highest BCUT2D eigenvalue weighted by Crippen LogP contribution is 1.92. The first kappa shape index (κ1) is 11.8. The molecule has 1 aromatic carbocycles. The van der Waals surface area contributed by atoms with Crippen LogP contribution in [0.1, 0.15) is 5.56 Å². The van der Waals surface area contributed by atoms with E-state index < -0.39 is 11.2 Å². The molecule has 2 rings (SSSR count). The number of rotatable bonds is 0. The van der Waals surface area contributed by atoms with Crippen molar-refractivity contribution in [3.05, 3.63) is 62.8 Å². The van der Waals surface area contributed by atoms with E-state index in [2.05, 4.69) is 24.0 Å². The Balaban J connectivity index is 0.000000165. The molecule has 5 heteroatoms. The molecule has 0 aliphatic rings. The molecule has 0 spiro atoms. The van der Waals surface area contributed by atoms with E-state index in [-0.39, 0.29) is 5.82 Å². The van der Waals surface area contributed by atoms with Crippen molar-refractivity contribution in [2.75, 3.05) is 5.73 Å². The number of hydrogen-bond donors (Lipinski definition) is 3. The van der Waals surface area contributed by atoms with Crippen molar-refractivity contribution in [1.29, 1.82) is 0 Å². The fraction of sp³-hybridized carbons (Fsp3) is 0.0909. The largest absolute Gasteiger partial charge is 0.385 e. The summed E-state index contributed by atoms with van der Waals surface area (Å²) in [4.78, 5) is 24.8. The second-order valence-electron chi connectivity index (χ2n) is 3.20. The summed E-state index contributed by atoms with van der Waals surface area (Å²) in [5.41, 5.74) is 5.33. The monoisotopic (exact) mass is 219 g/mol. The van der Waals surface area contributed by atoms with Crippen molar-refractivity contribution in [2.45, 2.75) is 6.92 Å². The normalized spacial score (nSPS) is 9.06. The quantitative estimate of drug-likeness (QED) is 0.607. The van der Waals surface area contributed by atoms with Gasteiger partial charge in [-0.15, -0.1) is 0 Å². The van der Waals surface area contributed by atoms with Gasteiger partial charge in [-0.3, -0.25) is 14.8 Å². The van der Waals surface area contributed by atoms with E-state index in [0.29, 0.717) is 0 Å². The molecule has 0 aliphatic carbocycles. The van der Waals surface area contributed by atoms with Gasteiger partial charge in [0.25, 0.3) is 5.56 Å². The molecule has 0 bridgehead atoms. The third kappa shape index (κ3) is 4.28. The molecule has 1 aromatic heterocycles. The second-order valence-corrected chi connectivity index (χ2v) is 3.20. The summed E-state index contributed by atoms with van der Waals surface area (Å²) >= 11 is 0. The lowest BCUT2D eigenvalue weighted by Crippen LogP contribution is -2.22. The lowest BCUT2D eigenvalue weighted by Gasteiger charge is -1.85. The average molecular weight is 219 g/mol. The topological polar surface area (TPSA) is 91.7 Å². The Morgan fingerprint density at radius 1 is 1.06 bits per heavy atom. The number of anilines is 1. The molecular formula is C11H13N3O2. The number of aromatic amines is 2. The Morgan fingerprint density at radius 3 is 2.06 bits per heavy atom. The fourth-order valence-electron chi connectivity index (χ4n) is 1.02. The molecule has 5 nitrogen and oxygen atoms in total. The number of H-pyrrole nitrogens is 2. The van der Waals surface area contributed by atoms with Gasteiger partial charge < -0.3 is 5.73 Å². The number of aryl methyl sites for hydroxylation is 1. The van der Waals surface area contributed by atoms with E-state index in [1.165, 1.54) is 5.56 Å². The second kappa shape index (κ2) is 5.55. The van der Waals surface area contributed by atoms with Crippen LogP contribution in [0.5, 0.6) is 0 Å². The van der Waals surface area contributed by atoms with E-state index in [4.69, 9.17) is 5.73 Å². The summed E-state index contributed by atoms with van der Waals surface area (Å²) in [5, 5.41) is 0. The molecule has 0 saturated heterocycles. The molecule has 16 heavy (non-hydrogen) atoms. The highest BCUT2D eigenvalue weighted by Gasteiger charge is 1.86. The molecule has 0 amide bonds. The van der Waals surface area contributed by atoms with Crippen molar-refractivity contribution in [2.24, 2.45) is 0 Å². The summed E-state index contributed by atoms with van der Waals surface area (Å²) in [6, 6.07) is 11.4. The van der Waals surface area contributed by atoms with Crippen LogP contribution in [0.2, 0.25) is 0 Å². The molecule has 4 N–H and O–H groups in total. The van der Waals surface area contributed by atoms with E-state index in [1.807, 2.05) is 23.2 Å². The van der Waals surface area contributed by atoms with Crippen molar-refractivity contribution in [3.8, 4) is 0 Å². The fourth-order valence-corrected chi connectivity index (χ4v) is 1.02. The molecule has 0 fully saturated rings. The Bertz CT molecular complexity index is 515. The van der Waals surface area contributed by atoms with Crippen molar-refractivity contribution < 1.29 is 0 Å². The zero-order valence-electron chi connectivity index (χ0n) is 8.86. The van der Waals surface area contributed by atoms with Crippen molar-refractivity contribution in [1.82, 2.24) is 9.97 Å². The highest BCUT2D eigenvalue weighted by molar-refractivity contribution is 5.22. The smallest absolute Gasteiger partial charge is 0.327 e. The van der Waals surface area contributed by atoms with Gasteiger partial charge in [-0.05, 0) is 6.92 Å². The molecule has 0 saturated carbocycles. The van der Waals surface area contributed by atoms with Crippen molar-refractivity contribution in [3.63, 3.8) is 0 Å². The molecule has 0 radical (unpaired) electrons. The van der Waals surface area contributed by atoms with Crippen LogP contribution < -0.4 is 17.0 Å². The Labute approximate surface area is 92.0 Å². The van der Waals surface area contributed by atoms with Crippen LogP contribution in [0.4, 0.5) is 5.82 Å². The van der Waals surface area contributed by atoms with Crippen LogP contribution >= 0.6 is 0 Å². The van der Waals surface area contributed by atoms with Gasteiger partial charge >= 0.3 is 5.69 Å². The van der Waals surface area contributed by atoms with E-state index in [1.54, 1.807) is 0 Å². The van der Waals surface area contributed by atoms with Gasteiger partial charge in [0, 0.05) is 6.07 Å². The molecule has 0 unspecified atom stereocenters. The number of nitrogens with two attached hydrogens (primary N) is 1. The maximum absolute atomic E-state index is 10.4. The predicted octanol–water partition coefficient (Wildman–Crippen LogP) is 0.640. The molecule has 1 heterocycles. The molecule has 0 aliphatic heterocycles. The number of hydrogen-bond acceptors (Lipinski definition) is 3. The maximum Gasteiger partial charge on any atom is 0.327 e. The minimum atomic E-state index is -0.583. The Kier molecular flexibility index (Phi) is 4.08. The van der Waals surface area contributed by atoms with Crippen LogP contribution in [-0.4, -0.2) is 9.97 Å². The highest BCUT2D eigenvalue weighted by atomic mass is 16.2. The third-order valence-corrected chi connectivity index (χ3v) is 1.72. The number of aromatic nitrogens is 2. The van der Waals surface area contributed by atoms with Crippen LogP contribution in [0, 0.1) is 6.92 Å². The lowest BCUT2D eigenvalue weighted by atomic mass is 10.2. The first-order valence-electron chi connectivity index (χ1n) is 4.68. The summed E-state index contributed by atoms with van der Waals surface area (Å²) in [7, 11) is 0. The first-order chi connectivity index (χ1) is 7.58. The zero-order valence-corrected chi connectivity index (χ0v) is 8.86. The van der Waals surface area contributed by atoms with E-state index in [0.717, 1.165) is 6.07 Å². The number of nitrogen functional groups attached to an aromatic ring is 1. The zero-order chi connectivity index (χ0) is 12.0. The van der Waals surface area contributed by atoms with Crippen LogP contribution in [0.15, 0.2) is 46.0 Å². The van der Waals surface area contributed by atoms with E-state index >= 15 is 0 Å². The minimum absolute atomic E-state index is 0.0729. The van der Waals surface area contributed by atoms with Crippen LogP contribution in [-0.2, 0) is 0 Å².